The fourth-order valence-corrected chi connectivity index (χ4v) is 3.51. The highest BCUT2D eigenvalue weighted by Crippen LogP contribution is 2.27. The summed E-state index contributed by atoms with van der Waals surface area (Å²) in [6.07, 6.45) is 0.951. The molecule has 0 bridgehead atoms. The Kier molecular flexibility index (Phi) is 4.63. The number of rotatable bonds is 3. The van der Waals surface area contributed by atoms with E-state index in [1.54, 1.807) is 11.3 Å². The largest absolute Gasteiger partial charge is 0.347 e. The van der Waals surface area contributed by atoms with Crippen LogP contribution in [0.2, 0.25) is 0 Å². The minimum atomic E-state index is -0.178. The van der Waals surface area contributed by atoms with Gasteiger partial charge in [0.15, 0.2) is 0 Å². The summed E-state index contributed by atoms with van der Waals surface area (Å²) in [5, 5.41) is 5.01. The van der Waals surface area contributed by atoms with Crippen molar-refractivity contribution in [1.29, 1.82) is 0 Å². The Morgan fingerprint density at radius 1 is 1.35 bits per heavy atom. The zero-order valence-electron chi connectivity index (χ0n) is 11.1. The maximum absolute atomic E-state index is 12.1. The zero-order valence-corrected chi connectivity index (χ0v) is 14.0. The Hall–Kier alpha value is -0.100. The van der Waals surface area contributed by atoms with Gasteiger partial charge in [-0.15, -0.1) is 11.3 Å². The average molecular weight is 365 g/mol. The molecule has 1 heterocycles. The lowest BCUT2D eigenvalue weighted by Crippen LogP contribution is -2.45. The molecule has 0 fully saturated rings. The Morgan fingerprint density at radius 3 is 2.35 bits per heavy atom. The number of nitrogens with one attached hydrogen (secondary N) is 1. The molecule has 0 radical (unpaired) electrons. The van der Waals surface area contributed by atoms with E-state index >= 15 is 0 Å². The molecule has 0 saturated heterocycles. The smallest absolute Gasteiger partial charge is 0.252 e. The van der Waals surface area contributed by atoms with Gasteiger partial charge >= 0.3 is 0 Å². The van der Waals surface area contributed by atoms with Gasteiger partial charge in [-0.25, -0.2) is 0 Å². The minimum absolute atomic E-state index is 0.0263. The van der Waals surface area contributed by atoms with Crippen LogP contribution < -0.4 is 5.32 Å². The summed E-state index contributed by atoms with van der Waals surface area (Å²) < 4.78 is 1.14. The number of hydrogen-bond donors (Lipinski definition) is 1. The molecule has 0 spiro atoms. The van der Waals surface area contributed by atoms with Crippen molar-refractivity contribution in [3.63, 3.8) is 0 Å². The third kappa shape index (κ3) is 5.38. The van der Waals surface area contributed by atoms with Crippen molar-refractivity contribution in [2.45, 2.75) is 46.6 Å². The molecular weight excluding hydrogens is 345 g/mol. The van der Waals surface area contributed by atoms with Crippen molar-refractivity contribution in [3.05, 3.63) is 19.9 Å². The van der Waals surface area contributed by atoms with Gasteiger partial charge in [0.05, 0.1) is 8.45 Å². The van der Waals surface area contributed by atoms with Crippen LogP contribution in [-0.4, -0.2) is 11.4 Å². The van der Waals surface area contributed by atoms with Crippen molar-refractivity contribution in [3.8, 4) is 0 Å². The second-order valence-corrected chi connectivity index (χ2v) is 9.02. The van der Waals surface area contributed by atoms with Crippen molar-refractivity contribution in [2.75, 3.05) is 0 Å². The molecule has 0 atom stereocenters. The molecule has 4 heteroatoms. The molecule has 1 rings (SSSR count). The second-order valence-electron chi connectivity index (χ2n) is 6.21. The summed E-state index contributed by atoms with van der Waals surface area (Å²) in [7, 11) is 0. The molecule has 2 nitrogen and oxygen atoms in total. The number of thiophene rings is 1. The van der Waals surface area contributed by atoms with Crippen LogP contribution in [0.1, 0.15) is 51.4 Å². The summed E-state index contributed by atoms with van der Waals surface area (Å²) in [6, 6.07) is 1.92. The standard InChI is InChI=1S/C13H20INOS/c1-12(2,3)8-13(4,5)15-11(16)9-6-10(14)17-7-9/h6-7H,8H2,1-5H3,(H,15,16). The molecule has 0 saturated carbocycles. The van der Waals surface area contributed by atoms with Crippen LogP contribution in [0.3, 0.4) is 0 Å². The van der Waals surface area contributed by atoms with Gasteiger partial charge in [0, 0.05) is 10.9 Å². The number of halogens is 1. The molecular formula is C13H20INOS. The molecule has 0 aliphatic rings. The lowest BCUT2D eigenvalue weighted by atomic mass is 9.81. The van der Waals surface area contributed by atoms with Crippen LogP contribution in [0.25, 0.3) is 0 Å². The van der Waals surface area contributed by atoms with Crippen molar-refractivity contribution in [2.24, 2.45) is 5.41 Å². The van der Waals surface area contributed by atoms with Crippen molar-refractivity contribution in [1.82, 2.24) is 5.32 Å². The normalized spacial score (nSPS) is 12.6. The Bertz CT molecular complexity index is 404. The molecule has 17 heavy (non-hydrogen) atoms. The first-order chi connectivity index (χ1) is 7.59. The summed E-state index contributed by atoms with van der Waals surface area (Å²) in [5.74, 6) is 0.0263. The molecule has 1 aromatic rings. The first kappa shape index (κ1) is 15.0. The van der Waals surface area contributed by atoms with Gasteiger partial charge < -0.3 is 5.32 Å². The Labute approximate surface area is 121 Å². The van der Waals surface area contributed by atoms with Gasteiger partial charge in [0.2, 0.25) is 0 Å². The van der Waals surface area contributed by atoms with Crippen LogP contribution in [0, 0.1) is 8.30 Å². The lowest BCUT2D eigenvalue weighted by Gasteiger charge is -2.33. The van der Waals surface area contributed by atoms with Crippen LogP contribution in [0.5, 0.6) is 0 Å². The van der Waals surface area contributed by atoms with E-state index in [0.29, 0.717) is 0 Å². The van der Waals surface area contributed by atoms with Crippen LogP contribution in [0.4, 0.5) is 0 Å². The van der Waals surface area contributed by atoms with E-state index in [4.69, 9.17) is 0 Å². The average Bonchev–Trinajstić information content (AvgIpc) is 2.45. The Balaban J connectivity index is 2.68. The molecule has 96 valence electrons. The van der Waals surface area contributed by atoms with E-state index in [2.05, 4.69) is 62.5 Å². The number of amides is 1. The van der Waals surface area contributed by atoms with Gasteiger partial charge in [-0.3, -0.25) is 4.79 Å². The number of carbonyl (C=O) groups excluding carboxylic acids is 1. The fourth-order valence-electron chi connectivity index (χ4n) is 2.18. The molecule has 0 aliphatic carbocycles. The van der Waals surface area contributed by atoms with E-state index in [9.17, 15) is 4.79 Å². The highest BCUT2D eigenvalue weighted by atomic mass is 127. The van der Waals surface area contributed by atoms with Crippen molar-refractivity contribution < 1.29 is 4.79 Å². The molecule has 0 aliphatic heterocycles. The fraction of sp³-hybridized carbons (Fsp3) is 0.615. The topological polar surface area (TPSA) is 29.1 Å². The Morgan fingerprint density at radius 2 is 1.94 bits per heavy atom. The lowest BCUT2D eigenvalue weighted by molar-refractivity contribution is 0.0892. The number of hydrogen-bond acceptors (Lipinski definition) is 2. The van der Waals surface area contributed by atoms with Crippen molar-refractivity contribution >= 4 is 39.8 Å². The number of carbonyl (C=O) groups is 1. The van der Waals surface area contributed by atoms with E-state index in [1.165, 1.54) is 0 Å². The van der Waals surface area contributed by atoms with E-state index < -0.39 is 0 Å². The van der Waals surface area contributed by atoms with Gasteiger partial charge in [-0.1, -0.05) is 20.8 Å². The first-order valence-electron chi connectivity index (χ1n) is 5.66. The van der Waals surface area contributed by atoms with Gasteiger partial charge in [0.1, 0.15) is 0 Å². The summed E-state index contributed by atoms with van der Waals surface area (Å²) in [6.45, 7) is 10.7. The van der Waals surface area contributed by atoms with E-state index in [0.717, 1.165) is 14.9 Å². The molecule has 1 amide bonds. The first-order valence-corrected chi connectivity index (χ1v) is 7.61. The molecule has 1 N–H and O–H groups in total. The monoisotopic (exact) mass is 365 g/mol. The van der Waals surface area contributed by atoms with E-state index in [1.807, 2.05) is 11.4 Å². The maximum atomic E-state index is 12.1. The molecule has 1 aromatic heterocycles. The molecule has 0 unspecified atom stereocenters. The highest BCUT2D eigenvalue weighted by molar-refractivity contribution is 14.1. The van der Waals surface area contributed by atoms with E-state index in [-0.39, 0.29) is 16.9 Å². The van der Waals surface area contributed by atoms with Gasteiger partial charge in [-0.2, -0.15) is 0 Å². The summed E-state index contributed by atoms with van der Waals surface area (Å²) in [4.78, 5) is 12.1. The maximum Gasteiger partial charge on any atom is 0.252 e. The molecule has 0 aromatic carbocycles. The van der Waals surface area contributed by atoms with Crippen LogP contribution >= 0.6 is 33.9 Å². The third-order valence-corrected chi connectivity index (χ3v) is 4.04. The minimum Gasteiger partial charge on any atom is -0.347 e. The van der Waals surface area contributed by atoms with Gasteiger partial charge in [0.25, 0.3) is 5.91 Å². The zero-order chi connectivity index (χ0) is 13.3. The van der Waals surface area contributed by atoms with Gasteiger partial charge in [-0.05, 0) is 54.3 Å². The van der Waals surface area contributed by atoms with Crippen LogP contribution in [-0.2, 0) is 0 Å². The second kappa shape index (κ2) is 5.26. The highest BCUT2D eigenvalue weighted by Gasteiger charge is 2.27. The third-order valence-electron chi connectivity index (χ3n) is 2.25. The quantitative estimate of drug-likeness (QED) is 0.796. The summed E-state index contributed by atoms with van der Waals surface area (Å²) >= 11 is 3.83. The predicted octanol–water partition coefficient (Wildman–Crippen LogP) is 4.30. The summed E-state index contributed by atoms with van der Waals surface area (Å²) in [5.41, 5.74) is 0.795. The van der Waals surface area contributed by atoms with Crippen LogP contribution in [0.15, 0.2) is 11.4 Å². The SMILES string of the molecule is CC(C)(C)CC(C)(C)NC(=O)c1csc(I)c1. The predicted molar refractivity (Wildman–Crippen MR) is 82.7 cm³/mol.